The Hall–Kier alpha value is -1.14. The van der Waals surface area contributed by atoms with Crippen LogP contribution in [0.2, 0.25) is 0 Å². The number of carbonyl (C=O) groups excluding carboxylic acids is 2. The van der Waals surface area contributed by atoms with Gasteiger partial charge < -0.3 is 20.3 Å². The van der Waals surface area contributed by atoms with Crippen LogP contribution in [0.4, 0.5) is 0 Å². The van der Waals surface area contributed by atoms with Crippen molar-refractivity contribution in [2.45, 2.75) is 309 Å². The van der Waals surface area contributed by atoms with Crippen LogP contribution >= 0.6 is 0 Å². The van der Waals surface area contributed by atoms with Gasteiger partial charge in [-0.15, -0.1) is 0 Å². The number of hydrogen-bond donors (Lipinski definition) is 3. The van der Waals surface area contributed by atoms with Crippen LogP contribution in [-0.4, -0.2) is 46.9 Å². The summed E-state index contributed by atoms with van der Waals surface area (Å²) in [6.45, 7) is 6.48. The van der Waals surface area contributed by atoms with E-state index in [-0.39, 0.29) is 24.9 Å². The standard InChI is InChI=1S/C51H101NO5/c1-4-7-10-13-16-19-21-22-23-24-25-26-27-28-30-32-35-38-41-44-51(56)57-47(42-39-36-33-18-15-12-9-6-3)45-50(55)52-48(46-53)49(54)43-40-37-34-31-29-20-17-14-11-8-5-2/h47-49,53-54H,4-46H2,1-3H3,(H,52,55). The van der Waals surface area contributed by atoms with E-state index < -0.39 is 18.2 Å². The first-order valence-electron chi connectivity index (χ1n) is 25.8. The molecule has 340 valence electrons. The monoisotopic (exact) mass is 808 g/mol. The molecule has 0 saturated heterocycles. The van der Waals surface area contributed by atoms with Gasteiger partial charge >= 0.3 is 5.97 Å². The molecular weight excluding hydrogens is 707 g/mol. The fourth-order valence-electron chi connectivity index (χ4n) is 8.26. The zero-order chi connectivity index (χ0) is 41.7. The average molecular weight is 808 g/mol. The second-order valence-electron chi connectivity index (χ2n) is 17.9. The number of carbonyl (C=O) groups is 2. The first kappa shape index (κ1) is 55.9. The van der Waals surface area contributed by atoms with Crippen molar-refractivity contribution in [1.82, 2.24) is 5.32 Å². The quantitative estimate of drug-likeness (QED) is 0.0420. The largest absolute Gasteiger partial charge is 0.462 e. The molecule has 0 aromatic heterocycles. The van der Waals surface area contributed by atoms with Crippen molar-refractivity contribution < 1.29 is 24.5 Å². The van der Waals surface area contributed by atoms with Gasteiger partial charge in [0.05, 0.1) is 25.2 Å². The Morgan fingerprint density at radius 3 is 1.07 bits per heavy atom. The Morgan fingerprint density at radius 1 is 0.439 bits per heavy atom. The molecule has 0 heterocycles. The third-order valence-electron chi connectivity index (χ3n) is 12.2. The predicted molar refractivity (Wildman–Crippen MR) is 246 cm³/mol. The summed E-state index contributed by atoms with van der Waals surface area (Å²) in [5.74, 6) is -0.456. The minimum Gasteiger partial charge on any atom is -0.462 e. The van der Waals surface area contributed by atoms with E-state index in [1.165, 1.54) is 205 Å². The van der Waals surface area contributed by atoms with E-state index in [0.29, 0.717) is 19.3 Å². The van der Waals surface area contributed by atoms with Gasteiger partial charge in [-0.3, -0.25) is 9.59 Å². The molecule has 0 spiro atoms. The SMILES string of the molecule is CCCCCCCCCCCCCCCCCCCCCC(=O)OC(CCCCCCCCCC)CC(=O)NC(CO)C(O)CCCCCCCCCCCCC. The lowest BCUT2D eigenvalue weighted by atomic mass is 10.0. The number of ether oxygens (including phenoxy) is 1. The molecule has 0 bridgehead atoms. The number of aliphatic hydroxyl groups excluding tert-OH is 2. The third kappa shape index (κ3) is 41.4. The summed E-state index contributed by atoms with van der Waals surface area (Å²) in [5.41, 5.74) is 0. The number of unbranched alkanes of at least 4 members (excludes halogenated alkanes) is 35. The van der Waals surface area contributed by atoms with Crippen LogP contribution in [0.3, 0.4) is 0 Å². The summed E-state index contributed by atoms with van der Waals surface area (Å²) >= 11 is 0. The Kier molecular flexibility index (Phi) is 45.0. The smallest absolute Gasteiger partial charge is 0.306 e. The van der Waals surface area contributed by atoms with Crippen molar-refractivity contribution in [2.75, 3.05) is 6.61 Å². The number of aliphatic hydroxyl groups is 2. The molecule has 0 fully saturated rings. The molecular formula is C51H101NO5. The van der Waals surface area contributed by atoms with Crippen molar-refractivity contribution in [1.29, 1.82) is 0 Å². The number of esters is 1. The highest BCUT2D eigenvalue weighted by molar-refractivity contribution is 5.77. The van der Waals surface area contributed by atoms with Crippen molar-refractivity contribution >= 4 is 11.9 Å². The minimum absolute atomic E-state index is 0.0864. The van der Waals surface area contributed by atoms with Gasteiger partial charge in [-0.2, -0.15) is 0 Å². The highest BCUT2D eigenvalue weighted by Gasteiger charge is 2.24. The Morgan fingerprint density at radius 2 is 0.737 bits per heavy atom. The third-order valence-corrected chi connectivity index (χ3v) is 12.2. The maximum Gasteiger partial charge on any atom is 0.306 e. The van der Waals surface area contributed by atoms with E-state index in [1.807, 2.05) is 0 Å². The fourth-order valence-corrected chi connectivity index (χ4v) is 8.26. The maximum atomic E-state index is 13.1. The zero-order valence-electron chi connectivity index (χ0n) is 38.8. The normalized spacial score (nSPS) is 13.1. The number of rotatable bonds is 47. The van der Waals surface area contributed by atoms with Gasteiger partial charge in [-0.1, -0.05) is 252 Å². The minimum atomic E-state index is -0.777. The van der Waals surface area contributed by atoms with Gasteiger partial charge in [0.15, 0.2) is 0 Å². The topological polar surface area (TPSA) is 95.9 Å². The van der Waals surface area contributed by atoms with E-state index in [2.05, 4.69) is 26.1 Å². The molecule has 3 unspecified atom stereocenters. The van der Waals surface area contributed by atoms with Gasteiger partial charge in [0.1, 0.15) is 6.10 Å². The Bertz CT molecular complexity index is 821. The second-order valence-corrected chi connectivity index (χ2v) is 17.9. The molecule has 0 aliphatic rings. The van der Waals surface area contributed by atoms with E-state index in [4.69, 9.17) is 4.74 Å². The molecule has 6 nitrogen and oxygen atoms in total. The lowest BCUT2D eigenvalue weighted by Crippen LogP contribution is -2.46. The fraction of sp³-hybridized carbons (Fsp3) is 0.961. The van der Waals surface area contributed by atoms with Gasteiger partial charge in [0, 0.05) is 6.42 Å². The molecule has 3 N–H and O–H groups in total. The molecule has 0 aliphatic heterocycles. The molecule has 0 radical (unpaired) electrons. The van der Waals surface area contributed by atoms with E-state index in [0.717, 1.165) is 38.5 Å². The molecule has 0 aliphatic carbocycles. The van der Waals surface area contributed by atoms with Crippen LogP contribution < -0.4 is 5.32 Å². The van der Waals surface area contributed by atoms with Crippen LogP contribution in [0.1, 0.15) is 290 Å². The van der Waals surface area contributed by atoms with Crippen LogP contribution in [0.15, 0.2) is 0 Å². The van der Waals surface area contributed by atoms with Crippen LogP contribution in [0, 0.1) is 0 Å². The summed E-state index contributed by atoms with van der Waals surface area (Å²) in [5, 5.41) is 23.7. The molecule has 0 saturated carbocycles. The van der Waals surface area contributed by atoms with Crippen LogP contribution in [-0.2, 0) is 14.3 Å². The Balaban J connectivity index is 4.31. The van der Waals surface area contributed by atoms with Crippen LogP contribution in [0.25, 0.3) is 0 Å². The lowest BCUT2D eigenvalue weighted by Gasteiger charge is -2.24. The molecule has 6 heteroatoms. The first-order valence-corrected chi connectivity index (χ1v) is 25.8. The zero-order valence-corrected chi connectivity index (χ0v) is 38.8. The summed E-state index contributed by atoms with van der Waals surface area (Å²) in [4.78, 5) is 26.0. The van der Waals surface area contributed by atoms with Crippen molar-refractivity contribution in [3.05, 3.63) is 0 Å². The first-order chi connectivity index (χ1) is 28.0. The predicted octanol–water partition coefficient (Wildman–Crippen LogP) is 15.2. The summed E-state index contributed by atoms with van der Waals surface area (Å²) in [7, 11) is 0. The van der Waals surface area contributed by atoms with E-state index in [1.54, 1.807) is 0 Å². The molecule has 1 amide bonds. The second kappa shape index (κ2) is 45.9. The number of nitrogens with one attached hydrogen (secondary N) is 1. The Labute approximate surface area is 356 Å². The van der Waals surface area contributed by atoms with Crippen molar-refractivity contribution in [2.24, 2.45) is 0 Å². The summed E-state index contributed by atoms with van der Waals surface area (Å²) < 4.78 is 5.91. The van der Waals surface area contributed by atoms with Gasteiger partial charge in [-0.05, 0) is 25.7 Å². The highest BCUT2D eigenvalue weighted by Crippen LogP contribution is 2.19. The van der Waals surface area contributed by atoms with Crippen LogP contribution in [0.5, 0.6) is 0 Å². The number of amides is 1. The van der Waals surface area contributed by atoms with Gasteiger partial charge in [0.2, 0.25) is 5.91 Å². The van der Waals surface area contributed by atoms with E-state index in [9.17, 15) is 19.8 Å². The lowest BCUT2D eigenvalue weighted by molar-refractivity contribution is -0.151. The number of hydrogen-bond acceptors (Lipinski definition) is 5. The summed E-state index contributed by atoms with van der Waals surface area (Å²) in [6, 6.07) is -0.690. The molecule has 0 aromatic carbocycles. The molecule has 57 heavy (non-hydrogen) atoms. The van der Waals surface area contributed by atoms with Crippen molar-refractivity contribution in [3.63, 3.8) is 0 Å². The molecule has 3 atom stereocenters. The van der Waals surface area contributed by atoms with Crippen molar-refractivity contribution in [3.8, 4) is 0 Å². The average Bonchev–Trinajstić information content (AvgIpc) is 3.20. The van der Waals surface area contributed by atoms with Gasteiger partial charge in [0.25, 0.3) is 0 Å². The molecule has 0 rings (SSSR count). The van der Waals surface area contributed by atoms with Gasteiger partial charge in [-0.25, -0.2) is 0 Å². The molecule has 0 aromatic rings. The van der Waals surface area contributed by atoms with E-state index >= 15 is 0 Å². The highest BCUT2D eigenvalue weighted by atomic mass is 16.5. The summed E-state index contributed by atoms with van der Waals surface area (Å²) in [6.07, 6.45) is 48.9. The maximum absolute atomic E-state index is 13.1.